The predicted molar refractivity (Wildman–Crippen MR) is 387 cm³/mol. The van der Waals surface area contributed by atoms with Crippen molar-refractivity contribution < 1.29 is 102 Å². The number of primary amides is 2. The Labute approximate surface area is 616 Å². The van der Waals surface area contributed by atoms with Crippen LogP contribution in [0.1, 0.15) is 160 Å². The highest BCUT2D eigenvalue weighted by atomic mass is 16.5. The number of nitrogens with zero attached hydrogens (tertiary/aromatic N) is 2. The molecular formula is C70H122N14O21. The molecule has 0 heterocycles. The summed E-state index contributed by atoms with van der Waals surface area (Å²) in [6.07, 6.45) is 17.2. The first-order valence-electron chi connectivity index (χ1n) is 36.4. The van der Waals surface area contributed by atoms with E-state index in [4.69, 9.17) is 35.5 Å². The smallest absolute Gasteiger partial charge is 0.303 e. The minimum Gasteiger partial charge on any atom is -0.508 e. The maximum Gasteiger partial charge on any atom is 0.303 e. The van der Waals surface area contributed by atoms with Gasteiger partial charge in [0, 0.05) is 57.8 Å². The van der Waals surface area contributed by atoms with E-state index in [1.807, 2.05) is 25.9 Å². The van der Waals surface area contributed by atoms with Crippen LogP contribution in [0.5, 0.6) is 5.75 Å². The second kappa shape index (κ2) is 59.0. The number of benzene rings is 1. The van der Waals surface area contributed by atoms with Crippen LogP contribution in [0.3, 0.4) is 0 Å². The molecular weight excluding hydrogens is 1370 g/mol. The summed E-state index contributed by atoms with van der Waals surface area (Å²) in [6, 6.07) is -3.71. The number of aromatic hydroxyl groups is 1. The molecule has 0 radical (unpaired) electrons. The standard InChI is InChI=1S/C70H122N14O21/c1-49(84(4)5)43-76-65(96)55(42-50-24-26-51(87)27-25-50)81-66(97)52(28-30-58(71)88)78-68(99)54(32-35-83(2)3)80-70(101)57(46-86)82-67(98)53(29-31-59(72)89)79-69(100)56(45-85)77-61(91)44-75-63(93)48-105-41-39-103-37-34-74-62(92)47-104-40-38-102-36-33-73-60(90)22-20-18-16-14-12-10-8-6-7-9-11-13-15-17-19-21-23-64(94)95/h24-27,49,52-57,85-87H,6-23,28-48H2,1-5H3,(H2,71,88)(H2,72,89)(H,73,90)(H,74,92)(H,75,93)(H,76,96)(H,77,91)(H,78,99)(H,79,100)(H,80,101)(H,81,97)(H,82,98)(H,94,95)/t49-,52+,53+,54+,55+,56-,57+/m1/s1. The number of phenols is 1. The minimum atomic E-state index is -1.83. The fourth-order valence-corrected chi connectivity index (χ4v) is 10.1. The van der Waals surface area contributed by atoms with Crippen LogP contribution in [0.25, 0.3) is 0 Å². The number of carboxylic acid groups (broad SMARTS) is 1. The van der Waals surface area contributed by atoms with Crippen LogP contribution in [0.4, 0.5) is 0 Å². The number of carbonyl (C=O) groups is 13. The molecule has 35 nitrogen and oxygen atoms in total. The maximum atomic E-state index is 14.1. The number of aliphatic carboxylic acids is 1. The molecule has 1 aromatic rings. The highest BCUT2D eigenvalue weighted by Crippen LogP contribution is 2.16. The summed E-state index contributed by atoms with van der Waals surface area (Å²) >= 11 is 0. The molecule has 1 aromatic carbocycles. The molecule has 35 heteroatoms. The number of ether oxygens (including phenoxy) is 4. The van der Waals surface area contributed by atoms with E-state index >= 15 is 0 Å². The molecule has 12 amide bonds. The van der Waals surface area contributed by atoms with Gasteiger partial charge in [-0.05, 0) is 91.5 Å². The highest BCUT2D eigenvalue weighted by molar-refractivity contribution is 5.98. The summed E-state index contributed by atoms with van der Waals surface area (Å²) in [5, 5.41) is 63.8. The van der Waals surface area contributed by atoms with Crippen molar-refractivity contribution in [3.63, 3.8) is 0 Å². The average Bonchev–Trinajstić information content (AvgIpc) is 0.855. The van der Waals surface area contributed by atoms with E-state index in [1.54, 1.807) is 31.1 Å². The zero-order chi connectivity index (χ0) is 78.2. The van der Waals surface area contributed by atoms with Gasteiger partial charge in [-0.1, -0.05) is 102 Å². The molecule has 0 bridgehead atoms. The molecule has 0 aliphatic rings. The molecule has 0 spiro atoms. The molecule has 105 heavy (non-hydrogen) atoms. The van der Waals surface area contributed by atoms with Crippen LogP contribution in [0, 0.1) is 0 Å². The molecule has 598 valence electrons. The number of aliphatic hydroxyl groups excluding tert-OH is 2. The van der Waals surface area contributed by atoms with Crippen molar-refractivity contribution in [2.45, 2.75) is 203 Å². The predicted octanol–water partition coefficient (Wildman–Crippen LogP) is -2.10. The van der Waals surface area contributed by atoms with Crippen molar-refractivity contribution >= 4 is 76.9 Å². The number of phenolic OH excluding ortho intramolecular Hbond substituents is 1. The van der Waals surface area contributed by atoms with Gasteiger partial charge in [0.2, 0.25) is 70.9 Å². The summed E-state index contributed by atoms with van der Waals surface area (Å²) in [6.45, 7) is 0.0348. The normalized spacial score (nSPS) is 13.2. The van der Waals surface area contributed by atoms with Crippen molar-refractivity contribution in [3.8, 4) is 5.75 Å². The van der Waals surface area contributed by atoms with Gasteiger partial charge in [0.15, 0.2) is 0 Å². The number of carboxylic acids is 1. The van der Waals surface area contributed by atoms with E-state index in [0.717, 1.165) is 38.5 Å². The molecule has 0 aliphatic heterocycles. The SMILES string of the molecule is C[C@H](CNC(=O)[C@H](Cc1ccc(O)cc1)NC(=O)[C@H](CCC(N)=O)NC(=O)[C@H](CCN(C)C)NC(=O)[C@H](CO)NC(=O)[C@H](CCC(N)=O)NC(=O)[C@@H](CO)NC(=O)CNC(=O)COCCOCCNC(=O)COCCOCCNC(=O)CCCCCCCCCCCCCCCCCCC(=O)O)N(C)C. The van der Waals surface area contributed by atoms with Crippen LogP contribution in [-0.4, -0.2) is 276 Å². The maximum absolute atomic E-state index is 14.1. The third kappa shape index (κ3) is 50.0. The zero-order valence-corrected chi connectivity index (χ0v) is 62.2. The summed E-state index contributed by atoms with van der Waals surface area (Å²) in [5.74, 6) is -10.5. The highest BCUT2D eigenvalue weighted by Gasteiger charge is 2.34. The number of hydrogen-bond acceptors (Lipinski definition) is 22. The van der Waals surface area contributed by atoms with Gasteiger partial charge in [-0.3, -0.25) is 62.3 Å². The van der Waals surface area contributed by atoms with E-state index in [-0.39, 0.29) is 109 Å². The van der Waals surface area contributed by atoms with E-state index in [9.17, 15) is 77.6 Å². The number of likely N-dealkylation sites (N-methyl/N-ethyl adjacent to an activating group) is 1. The Morgan fingerprint density at radius 1 is 0.419 bits per heavy atom. The van der Waals surface area contributed by atoms with Gasteiger partial charge in [-0.2, -0.15) is 0 Å². The zero-order valence-electron chi connectivity index (χ0n) is 62.2. The molecule has 1 rings (SSSR count). The first-order chi connectivity index (χ1) is 50.1. The lowest BCUT2D eigenvalue weighted by atomic mass is 10.0. The van der Waals surface area contributed by atoms with Gasteiger partial charge in [0.05, 0.1) is 59.4 Å². The Hall–Kier alpha value is -8.19. The Morgan fingerprint density at radius 2 is 0.800 bits per heavy atom. The summed E-state index contributed by atoms with van der Waals surface area (Å²) < 4.78 is 21.5. The number of rotatable bonds is 65. The molecule has 18 N–H and O–H groups in total. The van der Waals surface area contributed by atoms with Crippen molar-refractivity contribution in [3.05, 3.63) is 29.8 Å². The van der Waals surface area contributed by atoms with Crippen LogP contribution < -0.4 is 64.6 Å². The number of nitrogens with two attached hydrogens (primary N) is 2. The third-order valence-corrected chi connectivity index (χ3v) is 16.6. The summed E-state index contributed by atoms with van der Waals surface area (Å²) in [5.41, 5.74) is 11.3. The number of nitrogens with one attached hydrogen (secondary N) is 10. The Bertz CT molecular complexity index is 2730. The van der Waals surface area contributed by atoms with Gasteiger partial charge < -0.3 is 114 Å². The molecule has 0 fully saturated rings. The monoisotopic (exact) mass is 1490 g/mol. The molecule has 0 saturated heterocycles. The molecule has 0 saturated carbocycles. The van der Waals surface area contributed by atoms with Gasteiger partial charge in [-0.15, -0.1) is 0 Å². The topological polar surface area (TPSA) is 519 Å². The number of hydrogen-bond donors (Lipinski definition) is 16. The lowest BCUT2D eigenvalue weighted by molar-refractivity contribution is -0.137. The first kappa shape index (κ1) is 94.8. The largest absolute Gasteiger partial charge is 0.508 e. The molecule has 0 aromatic heterocycles. The molecule has 0 aliphatic carbocycles. The van der Waals surface area contributed by atoms with Crippen molar-refractivity contribution in [2.24, 2.45) is 11.5 Å². The minimum absolute atomic E-state index is 0.00946. The quantitative estimate of drug-likeness (QED) is 0.0311. The van der Waals surface area contributed by atoms with Crippen LogP contribution in [-0.2, 0) is 87.7 Å². The van der Waals surface area contributed by atoms with Crippen LogP contribution in [0.15, 0.2) is 24.3 Å². The Morgan fingerprint density at radius 3 is 1.23 bits per heavy atom. The van der Waals surface area contributed by atoms with Gasteiger partial charge in [-0.25, -0.2) is 0 Å². The van der Waals surface area contributed by atoms with E-state index in [0.29, 0.717) is 25.1 Å². The number of carbonyl (C=O) groups excluding carboxylic acids is 12. The van der Waals surface area contributed by atoms with E-state index in [1.165, 1.54) is 76.3 Å². The first-order valence-corrected chi connectivity index (χ1v) is 36.4. The Balaban J connectivity index is 2.53. The summed E-state index contributed by atoms with van der Waals surface area (Å²) in [4.78, 5) is 170. The van der Waals surface area contributed by atoms with Crippen molar-refractivity contribution in [2.75, 3.05) is 127 Å². The van der Waals surface area contributed by atoms with Gasteiger partial charge in [0.25, 0.3) is 0 Å². The van der Waals surface area contributed by atoms with Gasteiger partial charge in [0.1, 0.15) is 55.2 Å². The Kier molecular flexibility index (Phi) is 53.3. The number of aliphatic hydroxyl groups is 2. The van der Waals surface area contributed by atoms with Gasteiger partial charge >= 0.3 is 5.97 Å². The lowest BCUT2D eigenvalue weighted by Gasteiger charge is -2.28. The second-order valence-corrected chi connectivity index (χ2v) is 26.2. The summed E-state index contributed by atoms with van der Waals surface area (Å²) in [7, 11) is 6.95. The molecule has 0 unspecified atom stereocenters. The number of amides is 12. The average molecular weight is 1500 g/mol. The van der Waals surface area contributed by atoms with E-state index < -0.39 is 147 Å². The fourth-order valence-electron chi connectivity index (χ4n) is 10.1. The van der Waals surface area contributed by atoms with Crippen molar-refractivity contribution in [1.29, 1.82) is 0 Å². The second-order valence-electron chi connectivity index (χ2n) is 26.2. The molecule has 7 atom stereocenters. The fraction of sp³-hybridized carbons (Fsp3) is 0.729. The van der Waals surface area contributed by atoms with E-state index in [2.05, 4.69) is 53.2 Å². The van der Waals surface area contributed by atoms with Crippen LogP contribution >= 0.6 is 0 Å². The lowest BCUT2D eigenvalue weighted by Crippen LogP contribution is -2.61. The third-order valence-electron chi connectivity index (χ3n) is 16.6. The van der Waals surface area contributed by atoms with Crippen molar-refractivity contribution in [1.82, 2.24) is 63.0 Å². The van der Waals surface area contributed by atoms with Crippen LogP contribution in [0.2, 0.25) is 0 Å². The number of unbranched alkanes of at least 4 members (excludes halogenated alkanes) is 15.